The number of hydrogen-bond donors (Lipinski definition) is 1. The minimum Gasteiger partial charge on any atom is -0.369 e. The van der Waals surface area contributed by atoms with E-state index in [0.717, 1.165) is 38.4 Å². The van der Waals surface area contributed by atoms with E-state index >= 15 is 0 Å². The fourth-order valence-corrected chi connectivity index (χ4v) is 3.66. The maximum Gasteiger partial charge on any atom is 0.255 e. The number of carbonyl (C=O) groups excluding carboxylic acids is 1. The zero-order chi connectivity index (χ0) is 20.1. The minimum atomic E-state index is -0.0723. The molecule has 0 unspecified atom stereocenters. The minimum absolute atomic E-state index is 0.0723. The molecule has 4 rings (SSSR count). The fraction of sp³-hybridized carbons (Fsp3) is 0.240. The van der Waals surface area contributed by atoms with Crippen molar-refractivity contribution in [1.29, 1.82) is 0 Å². The molecule has 0 saturated carbocycles. The average Bonchev–Trinajstić information content (AvgIpc) is 2.77. The van der Waals surface area contributed by atoms with E-state index in [2.05, 4.69) is 57.6 Å². The van der Waals surface area contributed by atoms with Crippen molar-refractivity contribution in [2.45, 2.75) is 13.5 Å². The smallest absolute Gasteiger partial charge is 0.255 e. The third-order valence-electron chi connectivity index (χ3n) is 5.43. The molecule has 0 atom stereocenters. The first kappa shape index (κ1) is 19.2. The first-order chi connectivity index (χ1) is 14.2. The Labute approximate surface area is 172 Å². The van der Waals surface area contributed by atoms with Crippen LogP contribution in [-0.2, 0) is 6.54 Å². The van der Waals surface area contributed by atoms with E-state index in [1.54, 1.807) is 0 Å². The summed E-state index contributed by atoms with van der Waals surface area (Å²) in [5, 5.41) is 2.95. The van der Waals surface area contributed by atoms with Gasteiger partial charge in [0.2, 0.25) is 0 Å². The van der Waals surface area contributed by atoms with Gasteiger partial charge >= 0.3 is 0 Å². The summed E-state index contributed by atoms with van der Waals surface area (Å²) in [4.78, 5) is 17.4. The first-order valence-electron chi connectivity index (χ1n) is 10.2. The molecule has 3 aromatic carbocycles. The van der Waals surface area contributed by atoms with Crippen LogP contribution in [0.25, 0.3) is 0 Å². The second-order valence-electron chi connectivity index (χ2n) is 7.62. The zero-order valence-corrected chi connectivity index (χ0v) is 16.8. The second-order valence-corrected chi connectivity index (χ2v) is 7.62. The number of piperazine rings is 1. The highest BCUT2D eigenvalue weighted by molar-refractivity contribution is 6.04. The van der Waals surface area contributed by atoms with Gasteiger partial charge in [-0.1, -0.05) is 48.0 Å². The lowest BCUT2D eigenvalue weighted by Gasteiger charge is -2.36. The third kappa shape index (κ3) is 5.04. The summed E-state index contributed by atoms with van der Waals surface area (Å²) < 4.78 is 0. The number of nitrogens with one attached hydrogen (secondary N) is 1. The fourth-order valence-electron chi connectivity index (χ4n) is 3.66. The van der Waals surface area contributed by atoms with Crippen LogP contribution in [0.5, 0.6) is 0 Å². The summed E-state index contributed by atoms with van der Waals surface area (Å²) >= 11 is 0. The quantitative estimate of drug-likeness (QED) is 0.699. The van der Waals surface area contributed by atoms with E-state index < -0.39 is 0 Å². The van der Waals surface area contributed by atoms with E-state index in [9.17, 15) is 4.79 Å². The molecule has 0 radical (unpaired) electrons. The lowest BCUT2D eigenvalue weighted by molar-refractivity contribution is 0.102. The van der Waals surface area contributed by atoms with Gasteiger partial charge in [-0.3, -0.25) is 9.69 Å². The van der Waals surface area contributed by atoms with Gasteiger partial charge < -0.3 is 10.2 Å². The number of benzene rings is 3. The van der Waals surface area contributed by atoms with E-state index in [1.807, 2.05) is 43.3 Å². The van der Waals surface area contributed by atoms with E-state index in [0.29, 0.717) is 5.56 Å². The number of amides is 1. The summed E-state index contributed by atoms with van der Waals surface area (Å²) in [7, 11) is 0. The summed E-state index contributed by atoms with van der Waals surface area (Å²) in [6, 6.07) is 26.4. The van der Waals surface area contributed by atoms with E-state index in [-0.39, 0.29) is 5.91 Å². The lowest BCUT2D eigenvalue weighted by atomic mass is 10.1. The van der Waals surface area contributed by atoms with Crippen LogP contribution in [0.4, 0.5) is 11.4 Å². The Balaban J connectivity index is 1.29. The molecule has 0 bridgehead atoms. The van der Waals surface area contributed by atoms with Crippen molar-refractivity contribution in [2.24, 2.45) is 0 Å². The summed E-state index contributed by atoms with van der Waals surface area (Å²) in [5.41, 5.74) is 5.22. The first-order valence-corrected chi connectivity index (χ1v) is 10.2. The van der Waals surface area contributed by atoms with Crippen LogP contribution in [0.3, 0.4) is 0 Å². The highest BCUT2D eigenvalue weighted by atomic mass is 16.1. The second kappa shape index (κ2) is 8.93. The van der Waals surface area contributed by atoms with Crippen LogP contribution < -0.4 is 10.2 Å². The van der Waals surface area contributed by atoms with Gasteiger partial charge in [-0.2, -0.15) is 0 Å². The Morgan fingerprint density at radius 3 is 2.14 bits per heavy atom. The van der Waals surface area contributed by atoms with Gasteiger partial charge in [-0.25, -0.2) is 0 Å². The number of hydrogen-bond acceptors (Lipinski definition) is 3. The van der Waals surface area contributed by atoms with Crippen LogP contribution >= 0.6 is 0 Å². The molecule has 1 aliphatic rings. The molecule has 1 amide bonds. The maximum absolute atomic E-state index is 12.4. The molecular formula is C25H27N3O. The van der Waals surface area contributed by atoms with Gasteiger partial charge in [0.05, 0.1) is 0 Å². The van der Waals surface area contributed by atoms with Crippen LogP contribution in [0.15, 0.2) is 78.9 Å². The molecule has 29 heavy (non-hydrogen) atoms. The van der Waals surface area contributed by atoms with Gasteiger partial charge in [-0.15, -0.1) is 0 Å². The van der Waals surface area contributed by atoms with Crippen LogP contribution in [-0.4, -0.2) is 37.0 Å². The predicted molar refractivity (Wildman–Crippen MR) is 120 cm³/mol. The molecule has 1 heterocycles. The highest BCUT2D eigenvalue weighted by Crippen LogP contribution is 2.17. The molecule has 1 aliphatic heterocycles. The lowest BCUT2D eigenvalue weighted by Crippen LogP contribution is -2.45. The Hall–Kier alpha value is -3.11. The van der Waals surface area contributed by atoms with Gasteiger partial charge in [0.1, 0.15) is 0 Å². The molecule has 4 heteroatoms. The highest BCUT2D eigenvalue weighted by Gasteiger charge is 2.17. The number of nitrogens with zero attached hydrogens (tertiary/aromatic N) is 2. The SMILES string of the molecule is Cc1ccc(NC(=O)c2ccc(CN3CCN(c4ccccc4)CC3)cc2)cc1. The van der Waals surface area contributed by atoms with Crippen molar-refractivity contribution < 1.29 is 4.79 Å². The van der Waals surface area contributed by atoms with Crippen molar-refractivity contribution in [2.75, 3.05) is 36.4 Å². The Morgan fingerprint density at radius 2 is 1.48 bits per heavy atom. The predicted octanol–water partition coefficient (Wildman–Crippen LogP) is 4.57. The van der Waals surface area contributed by atoms with E-state index in [1.165, 1.54) is 16.8 Å². The number of carbonyl (C=O) groups is 1. The van der Waals surface area contributed by atoms with Crippen molar-refractivity contribution >= 4 is 17.3 Å². The van der Waals surface area contributed by atoms with Crippen molar-refractivity contribution in [3.8, 4) is 0 Å². The third-order valence-corrected chi connectivity index (χ3v) is 5.43. The summed E-state index contributed by atoms with van der Waals surface area (Å²) in [6.45, 7) is 7.13. The maximum atomic E-state index is 12.4. The van der Waals surface area contributed by atoms with Crippen LogP contribution in [0, 0.1) is 6.92 Å². The van der Waals surface area contributed by atoms with Gasteiger partial charge in [0.15, 0.2) is 0 Å². The molecule has 1 N–H and O–H groups in total. The van der Waals surface area contributed by atoms with Crippen molar-refractivity contribution in [3.05, 3.63) is 95.6 Å². The molecule has 3 aromatic rings. The van der Waals surface area contributed by atoms with E-state index in [4.69, 9.17) is 0 Å². The van der Waals surface area contributed by atoms with Gasteiger partial charge in [0.25, 0.3) is 5.91 Å². The number of rotatable bonds is 5. The zero-order valence-electron chi connectivity index (χ0n) is 16.8. The molecule has 0 aliphatic carbocycles. The number of anilines is 2. The standard InChI is InChI=1S/C25H27N3O/c1-20-7-13-23(14-8-20)26-25(29)22-11-9-21(10-12-22)19-27-15-17-28(18-16-27)24-5-3-2-4-6-24/h2-14H,15-19H2,1H3,(H,26,29). The molecule has 1 fully saturated rings. The molecule has 1 saturated heterocycles. The van der Waals surface area contributed by atoms with Gasteiger partial charge in [-0.05, 0) is 48.9 Å². The molecule has 0 aromatic heterocycles. The monoisotopic (exact) mass is 385 g/mol. The summed E-state index contributed by atoms with van der Waals surface area (Å²) in [6.07, 6.45) is 0. The Kier molecular flexibility index (Phi) is 5.92. The molecule has 4 nitrogen and oxygen atoms in total. The molecular weight excluding hydrogens is 358 g/mol. The van der Waals surface area contributed by atoms with Crippen molar-refractivity contribution in [1.82, 2.24) is 4.90 Å². The van der Waals surface area contributed by atoms with Crippen LogP contribution in [0.2, 0.25) is 0 Å². The molecule has 148 valence electrons. The molecule has 0 spiro atoms. The topological polar surface area (TPSA) is 35.6 Å². The van der Waals surface area contributed by atoms with Gasteiger partial charge in [0, 0.05) is 49.7 Å². The normalized spacial score (nSPS) is 14.6. The largest absolute Gasteiger partial charge is 0.369 e. The van der Waals surface area contributed by atoms with Crippen molar-refractivity contribution in [3.63, 3.8) is 0 Å². The summed E-state index contributed by atoms with van der Waals surface area (Å²) in [5.74, 6) is -0.0723. The number of para-hydroxylation sites is 1. The number of aryl methyl sites for hydroxylation is 1. The average molecular weight is 386 g/mol. The van der Waals surface area contributed by atoms with Crippen LogP contribution in [0.1, 0.15) is 21.5 Å². The Morgan fingerprint density at radius 1 is 0.828 bits per heavy atom. The Bertz CT molecular complexity index is 928.